The van der Waals surface area contributed by atoms with Crippen LogP contribution in [0, 0.1) is 0 Å². The number of aliphatic hydroxyl groups is 1. The Balaban J connectivity index is 2.51. The molecular weight excluding hydrogens is 213 g/mol. The highest BCUT2D eigenvalue weighted by atomic mass is 19.2. The largest absolute Gasteiger partial charge is 0.393 e. The Hall–Kier alpha value is -0.330. The highest BCUT2D eigenvalue weighted by molar-refractivity contribution is 4.86. The summed E-state index contributed by atoms with van der Waals surface area (Å²) in [4.78, 5) is 0. The number of hydrogen-bond acceptors (Lipinski definition) is 3. The molecule has 0 radical (unpaired) electrons. The molecule has 90 valence electrons. The van der Waals surface area contributed by atoms with Crippen molar-refractivity contribution in [3.05, 3.63) is 0 Å². The maximum Gasteiger partial charge on any atom is 0.167 e. The fourth-order valence-electron chi connectivity index (χ4n) is 1.38. The Morgan fingerprint density at radius 2 is 2.00 bits per heavy atom. The molecule has 0 aliphatic carbocycles. The molecule has 1 aliphatic heterocycles. The normalized spacial score (nSPS) is 31.2. The third kappa shape index (κ3) is 3.06. The molecule has 0 aromatic carbocycles. The fourth-order valence-corrected chi connectivity index (χ4v) is 1.38. The quantitative estimate of drug-likeness (QED) is 0.784. The molecule has 0 spiro atoms. The monoisotopic (exact) mass is 228 g/mol. The maximum atomic E-state index is 13.4. The second kappa shape index (κ2) is 4.67. The van der Waals surface area contributed by atoms with E-state index < -0.39 is 37.0 Å². The van der Waals surface area contributed by atoms with Crippen molar-refractivity contribution in [1.29, 1.82) is 0 Å². The van der Waals surface area contributed by atoms with E-state index in [4.69, 9.17) is 14.6 Å². The number of halogens is 3. The van der Waals surface area contributed by atoms with Crippen LogP contribution in [0.5, 0.6) is 0 Å². The van der Waals surface area contributed by atoms with Crippen LogP contribution in [-0.2, 0) is 9.47 Å². The van der Waals surface area contributed by atoms with Crippen molar-refractivity contribution in [2.24, 2.45) is 0 Å². The number of rotatable bonds is 4. The van der Waals surface area contributed by atoms with E-state index in [2.05, 4.69) is 0 Å². The molecule has 3 nitrogen and oxygen atoms in total. The first-order chi connectivity index (χ1) is 6.87. The van der Waals surface area contributed by atoms with E-state index in [0.29, 0.717) is 0 Å². The Morgan fingerprint density at radius 1 is 1.40 bits per heavy atom. The third-order valence-electron chi connectivity index (χ3n) is 2.21. The highest BCUT2D eigenvalue weighted by Crippen LogP contribution is 2.28. The van der Waals surface area contributed by atoms with Gasteiger partial charge in [0.15, 0.2) is 24.3 Å². The van der Waals surface area contributed by atoms with Crippen molar-refractivity contribution in [2.45, 2.75) is 44.3 Å². The molecule has 4 atom stereocenters. The zero-order valence-corrected chi connectivity index (χ0v) is 8.62. The summed E-state index contributed by atoms with van der Waals surface area (Å²) >= 11 is 0. The van der Waals surface area contributed by atoms with Crippen LogP contribution in [-0.4, -0.2) is 48.7 Å². The molecule has 1 N–H and O–H groups in total. The molecule has 1 aliphatic rings. The molecule has 6 heteroatoms. The summed E-state index contributed by atoms with van der Waals surface area (Å²) in [6.07, 6.45) is -7.88. The van der Waals surface area contributed by atoms with E-state index >= 15 is 0 Å². The predicted molar refractivity (Wildman–Crippen MR) is 46.7 cm³/mol. The number of aliphatic hydroxyl groups excluding tert-OH is 1. The van der Waals surface area contributed by atoms with Crippen molar-refractivity contribution < 1.29 is 27.8 Å². The van der Waals surface area contributed by atoms with Crippen molar-refractivity contribution in [3.63, 3.8) is 0 Å². The lowest BCUT2D eigenvalue weighted by molar-refractivity contribution is -0.151. The van der Waals surface area contributed by atoms with E-state index in [1.165, 1.54) is 0 Å². The summed E-state index contributed by atoms with van der Waals surface area (Å²) in [6.45, 7) is 1.96. The van der Waals surface area contributed by atoms with Crippen LogP contribution >= 0.6 is 0 Å². The molecule has 15 heavy (non-hydrogen) atoms. The molecule has 1 rings (SSSR count). The smallest absolute Gasteiger partial charge is 0.167 e. The van der Waals surface area contributed by atoms with Crippen LogP contribution in [0.3, 0.4) is 0 Å². The minimum absolute atomic E-state index is 0.118. The summed E-state index contributed by atoms with van der Waals surface area (Å²) in [5.41, 5.74) is 0. The van der Waals surface area contributed by atoms with Gasteiger partial charge in [-0.15, -0.1) is 0 Å². The van der Waals surface area contributed by atoms with Gasteiger partial charge in [0.1, 0.15) is 6.10 Å². The first-order valence-corrected chi connectivity index (χ1v) is 4.72. The van der Waals surface area contributed by atoms with Crippen LogP contribution in [0.1, 0.15) is 13.8 Å². The lowest BCUT2D eigenvalue weighted by Crippen LogP contribution is -2.40. The van der Waals surface area contributed by atoms with Gasteiger partial charge < -0.3 is 14.6 Å². The second-order valence-electron chi connectivity index (χ2n) is 3.95. The minimum Gasteiger partial charge on any atom is -0.393 e. The van der Waals surface area contributed by atoms with Gasteiger partial charge in [-0.05, 0) is 13.8 Å². The summed E-state index contributed by atoms with van der Waals surface area (Å²) in [5.74, 6) is -0.972. The minimum atomic E-state index is -2.39. The third-order valence-corrected chi connectivity index (χ3v) is 2.21. The van der Waals surface area contributed by atoms with Gasteiger partial charge >= 0.3 is 0 Å². The summed E-state index contributed by atoms with van der Waals surface area (Å²) in [7, 11) is 0. The number of ether oxygens (including phenoxy) is 2. The topological polar surface area (TPSA) is 38.7 Å². The average Bonchev–Trinajstić information content (AvgIpc) is 2.55. The first kappa shape index (κ1) is 12.7. The lowest BCUT2D eigenvalue weighted by Gasteiger charge is -2.22. The van der Waals surface area contributed by atoms with Gasteiger partial charge in [-0.25, -0.2) is 13.2 Å². The first-order valence-electron chi connectivity index (χ1n) is 4.72. The fraction of sp³-hybridized carbons (Fsp3) is 1.00. The Kier molecular flexibility index (Phi) is 3.97. The van der Waals surface area contributed by atoms with Gasteiger partial charge in [0.2, 0.25) is 0 Å². The number of hydrogen-bond donors (Lipinski definition) is 1. The van der Waals surface area contributed by atoms with Gasteiger partial charge in [0, 0.05) is 0 Å². The molecule has 1 heterocycles. The van der Waals surface area contributed by atoms with Crippen LogP contribution in [0.4, 0.5) is 13.2 Å². The molecular formula is C9H15F3O3. The van der Waals surface area contributed by atoms with Crippen molar-refractivity contribution >= 4 is 0 Å². The molecule has 0 saturated carbocycles. The van der Waals surface area contributed by atoms with E-state index in [9.17, 15) is 13.2 Å². The van der Waals surface area contributed by atoms with Crippen LogP contribution in [0.15, 0.2) is 0 Å². The summed E-state index contributed by atoms with van der Waals surface area (Å²) in [5, 5.41) is 8.35. The standard InChI is InChI=1S/C9H15F3O3/c1-9(2)14-4-6(15-9)8(12)7(11)5(10)3-13/h5-8,13H,3-4H2,1-2H3/t5-,6+,7+,8+/m0/s1. The Bertz CT molecular complexity index is 213. The highest BCUT2D eigenvalue weighted by Gasteiger charge is 2.43. The van der Waals surface area contributed by atoms with Crippen molar-refractivity contribution in [2.75, 3.05) is 13.2 Å². The van der Waals surface area contributed by atoms with Gasteiger partial charge in [-0.3, -0.25) is 0 Å². The van der Waals surface area contributed by atoms with E-state index in [-0.39, 0.29) is 6.61 Å². The molecule has 0 aromatic heterocycles. The van der Waals surface area contributed by atoms with Crippen LogP contribution in [0.25, 0.3) is 0 Å². The molecule has 0 aromatic rings. The van der Waals surface area contributed by atoms with Gasteiger partial charge in [0.25, 0.3) is 0 Å². The molecule has 0 unspecified atom stereocenters. The number of alkyl halides is 3. The van der Waals surface area contributed by atoms with Crippen molar-refractivity contribution in [1.82, 2.24) is 0 Å². The Labute approximate surface area is 86.2 Å². The average molecular weight is 228 g/mol. The van der Waals surface area contributed by atoms with Crippen LogP contribution < -0.4 is 0 Å². The molecule has 0 bridgehead atoms. The molecule has 0 amide bonds. The molecule has 1 fully saturated rings. The Morgan fingerprint density at radius 3 is 2.40 bits per heavy atom. The van der Waals surface area contributed by atoms with Gasteiger partial charge in [-0.1, -0.05) is 0 Å². The van der Waals surface area contributed by atoms with E-state index in [0.717, 1.165) is 0 Å². The summed E-state index contributed by atoms with van der Waals surface area (Å²) < 4.78 is 49.1. The zero-order chi connectivity index (χ0) is 11.6. The van der Waals surface area contributed by atoms with Crippen molar-refractivity contribution in [3.8, 4) is 0 Å². The van der Waals surface area contributed by atoms with E-state index in [1.54, 1.807) is 13.8 Å². The van der Waals surface area contributed by atoms with Gasteiger partial charge in [-0.2, -0.15) is 0 Å². The van der Waals surface area contributed by atoms with Gasteiger partial charge in [0.05, 0.1) is 13.2 Å². The molecule has 1 saturated heterocycles. The maximum absolute atomic E-state index is 13.4. The van der Waals surface area contributed by atoms with E-state index in [1.807, 2.05) is 0 Å². The zero-order valence-electron chi connectivity index (χ0n) is 8.62. The second-order valence-corrected chi connectivity index (χ2v) is 3.95. The SMILES string of the molecule is CC1(C)OC[C@H]([C@@H](F)[C@H](F)[C@@H](F)CO)O1. The summed E-state index contributed by atoms with van der Waals surface area (Å²) in [6, 6.07) is 0. The van der Waals surface area contributed by atoms with Crippen LogP contribution in [0.2, 0.25) is 0 Å². The lowest BCUT2D eigenvalue weighted by atomic mass is 10.1. The predicted octanol–water partition coefficient (Wildman–Crippen LogP) is 1.14.